The first-order valence-electron chi connectivity index (χ1n) is 11.1. The Hall–Kier alpha value is -3.70. The third kappa shape index (κ3) is 6.40. The molecule has 0 spiro atoms. The van der Waals surface area contributed by atoms with E-state index in [-0.39, 0.29) is 24.6 Å². The number of hydrogen-bond acceptors (Lipinski definition) is 5. The smallest absolute Gasteiger partial charge is 0.338 e. The predicted molar refractivity (Wildman–Crippen MR) is 126 cm³/mol. The van der Waals surface area contributed by atoms with Gasteiger partial charge in [-0.3, -0.25) is 4.90 Å². The maximum absolute atomic E-state index is 12.6. The molecule has 33 heavy (non-hydrogen) atoms. The molecular weight excluding hydrogens is 414 g/mol. The van der Waals surface area contributed by atoms with E-state index >= 15 is 0 Å². The van der Waals surface area contributed by atoms with Crippen LogP contribution in [-0.2, 0) is 27.4 Å². The van der Waals surface area contributed by atoms with Crippen molar-refractivity contribution in [2.45, 2.75) is 25.6 Å². The summed E-state index contributed by atoms with van der Waals surface area (Å²) in [6.45, 7) is 1.80. The zero-order valence-electron chi connectivity index (χ0n) is 18.4. The van der Waals surface area contributed by atoms with Crippen LogP contribution in [0.3, 0.4) is 0 Å². The summed E-state index contributed by atoms with van der Waals surface area (Å²) < 4.78 is 10.9. The summed E-state index contributed by atoms with van der Waals surface area (Å²) in [5.74, 6) is -0.680. The van der Waals surface area contributed by atoms with Crippen molar-refractivity contribution in [3.8, 4) is 0 Å². The van der Waals surface area contributed by atoms with Gasteiger partial charge in [0.15, 0.2) is 0 Å². The van der Waals surface area contributed by atoms with E-state index in [4.69, 9.17) is 9.47 Å². The van der Waals surface area contributed by atoms with Gasteiger partial charge in [-0.05, 0) is 23.3 Å². The van der Waals surface area contributed by atoms with Crippen molar-refractivity contribution in [3.63, 3.8) is 0 Å². The van der Waals surface area contributed by atoms with E-state index in [2.05, 4.69) is 29.2 Å². The van der Waals surface area contributed by atoms with Crippen LogP contribution in [-0.4, -0.2) is 36.1 Å². The highest BCUT2D eigenvalue weighted by Crippen LogP contribution is 2.20. The second-order valence-corrected chi connectivity index (χ2v) is 7.99. The molecule has 0 unspecified atom stereocenters. The second-order valence-electron chi connectivity index (χ2n) is 7.99. The van der Waals surface area contributed by atoms with E-state index in [1.165, 1.54) is 0 Å². The van der Waals surface area contributed by atoms with Crippen molar-refractivity contribution in [3.05, 3.63) is 119 Å². The van der Waals surface area contributed by atoms with Crippen LogP contribution in [0.5, 0.6) is 0 Å². The molecule has 3 aromatic carbocycles. The van der Waals surface area contributed by atoms with Crippen molar-refractivity contribution in [1.82, 2.24) is 4.90 Å². The lowest BCUT2D eigenvalue weighted by atomic mass is 10.1. The molecule has 0 aromatic heterocycles. The average Bonchev–Trinajstić information content (AvgIpc) is 3.27. The Kier molecular flexibility index (Phi) is 7.67. The Balaban J connectivity index is 1.60. The monoisotopic (exact) mass is 441 g/mol. The number of cyclic esters (lactones) is 1. The Labute approximate surface area is 194 Å². The molecule has 3 aromatic rings. The molecule has 0 N–H and O–H groups in total. The van der Waals surface area contributed by atoms with E-state index in [9.17, 15) is 9.59 Å². The van der Waals surface area contributed by atoms with Crippen LogP contribution >= 0.6 is 0 Å². The highest BCUT2D eigenvalue weighted by molar-refractivity contribution is 5.90. The minimum atomic E-state index is -0.382. The Morgan fingerprint density at radius 3 is 1.94 bits per heavy atom. The van der Waals surface area contributed by atoms with Gasteiger partial charge in [-0.1, -0.05) is 84.9 Å². The molecule has 5 heteroatoms. The third-order valence-electron chi connectivity index (χ3n) is 5.58. The Morgan fingerprint density at radius 2 is 1.42 bits per heavy atom. The average molecular weight is 442 g/mol. The molecule has 1 atom stereocenters. The standard InChI is InChI=1S/C28H27NO4/c30-27(24-14-8-3-9-15-24)33-21-26(18-25-16-17-32-28(25)31)29(19-22-10-4-1-5-11-22)20-23-12-6-2-7-13-23/h1-15,18,26H,16-17,19-21H2/b25-18+/t26-/m1/s1. The molecule has 1 saturated heterocycles. The van der Waals surface area contributed by atoms with Crippen molar-refractivity contribution >= 4 is 11.9 Å². The predicted octanol–water partition coefficient (Wildman–Crippen LogP) is 4.79. The van der Waals surface area contributed by atoms with Crippen LogP contribution in [0.4, 0.5) is 0 Å². The van der Waals surface area contributed by atoms with Crippen LogP contribution in [0.15, 0.2) is 103 Å². The number of carbonyl (C=O) groups excluding carboxylic acids is 2. The van der Waals surface area contributed by atoms with Gasteiger partial charge >= 0.3 is 11.9 Å². The molecule has 0 radical (unpaired) electrons. The molecule has 1 aliphatic heterocycles. The van der Waals surface area contributed by atoms with Gasteiger partial charge in [0, 0.05) is 25.1 Å². The Morgan fingerprint density at radius 1 is 0.879 bits per heavy atom. The minimum absolute atomic E-state index is 0.129. The lowest BCUT2D eigenvalue weighted by molar-refractivity contribution is -0.135. The van der Waals surface area contributed by atoms with Gasteiger partial charge in [0.1, 0.15) is 6.61 Å². The maximum atomic E-state index is 12.6. The minimum Gasteiger partial charge on any atom is -0.462 e. The molecule has 0 aliphatic carbocycles. The van der Waals surface area contributed by atoms with E-state index in [0.29, 0.717) is 37.3 Å². The summed E-state index contributed by atoms with van der Waals surface area (Å²) in [6, 6.07) is 28.9. The lowest BCUT2D eigenvalue weighted by Crippen LogP contribution is -2.37. The van der Waals surface area contributed by atoms with Crippen LogP contribution in [0.2, 0.25) is 0 Å². The number of hydrogen-bond donors (Lipinski definition) is 0. The highest BCUT2D eigenvalue weighted by atomic mass is 16.5. The lowest BCUT2D eigenvalue weighted by Gasteiger charge is -2.30. The second kappa shape index (κ2) is 11.2. The summed E-state index contributed by atoms with van der Waals surface area (Å²) >= 11 is 0. The van der Waals surface area contributed by atoms with Crippen LogP contribution in [0, 0.1) is 0 Å². The van der Waals surface area contributed by atoms with Gasteiger partial charge in [0.25, 0.3) is 0 Å². The zero-order valence-corrected chi connectivity index (χ0v) is 18.4. The molecule has 1 heterocycles. The fourth-order valence-electron chi connectivity index (χ4n) is 3.84. The first-order valence-corrected chi connectivity index (χ1v) is 11.1. The van der Waals surface area contributed by atoms with Crippen LogP contribution in [0.25, 0.3) is 0 Å². The quantitative estimate of drug-likeness (QED) is 0.353. The number of nitrogens with zero attached hydrogens (tertiary/aromatic N) is 1. The fourth-order valence-corrected chi connectivity index (χ4v) is 3.84. The molecule has 1 fully saturated rings. The molecule has 0 amide bonds. The largest absolute Gasteiger partial charge is 0.462 e. The number of rotatable bonds is 9. The first kappa shape index (κ1) is 22.5. The molecule has 0 saturated carbocycles. The Bertz CT molecular complexity index is 1040. The first-order chi connectivity index (χ1) is 16.2. The molecule has 1 aliphatic rings. The number of benzene rings is 3. The summed E-state index contributed by atoms with van der Waals surface area (Å²) in [6.07, 6.45) is 2.46. The SMILES string of the molecule is O=C1OCC/C1=C\[C@H](COC(=O)c1ccccc1)N(Cc1ccccc1)Cc1ccccc1. The number of esters is 2. The van der Waals surface area contributed by atoms with Gasteiger partial charge in [-0.2, -0.15) is 0 Å². The van der Waals surface area contributed by atoms with E-state index in [0.717, 1.165) is 11.1 Å². The van der Waals surface area contributed by atoms with Gasteiger partial charge in [-0.25, -0.2) is 9.59 Å². The summed E-state index contributed by atoms with van der Waals surface area (Å²) in [7, 11) is 0. The van der Waals surface area contributed by atoms with Gasteiger partial charge in [-0.15, -0.1) is 0 Å². The van der Waals surface area contributed by atoms with Crippen molar-refractivity contribution < 1.29 is 19.1 Å². The highest BCUT2D eigenvalue weighted by Gasteiger charge is 2.25. The molecule has 5 nitrogen and oxygen atoms in total. The summed E-state index contributed by atoms with van der Waals surface area (Å²) in [5, 5.41) is 0. The maximum Gasteiger partial charge on any atom is 0.338 e. The van der Waals surface area contributed by atoms with Crippen LogP contribution in [0.1, 0.15) is 27.9 Å². The van der Waals surface area contributed by atoms with E-state index < -0.39 is 0 Å². The van der Waals surface area contributed by atoms with Crippen molar-refractivity contribution in [2.75, 3.05) is 13.2 Å². The van der Waals surface area contributed by atoms with Crippen molar-refractivity contribution in [1.29, 1.82) is 0 Å². The van der Waals surface area contributed by atoms with Gasteiger partial charge in [0.05, 0.1) is 18.2 Å². The summed E-state index contributed by atoms with van der Waals surface area (Å²) in [4.78, 5) is 27.1. The molecule has 0 bridgehead atoms. The zero-order chi connectivity index (χ0) is 22.9. The number of ether oxygens (including phenoxy) is 2. The summed E-state index contributed by atoms with van der Waals surface area (Å²) in [5.41, 5.74) is 3.41. The van der Waals surface area contributed by atoms with Gasteiger partial charge in [0.2, 0.25) is 0 Å². The topological polar surface area (TPSA) is 55.8 Å². The van der Waals surface area contributed by atoms with E-state index in [1.54, 1.807) is 12.1 Å². The molecular formula is C28H27NO4. The molecule has 168 valence electrons. The van der Waals surface area contributed by atoms with E-state index in [1.807, 2.05) is 60.7 Å². The van der Waals surface area contributed by atoms with Crippen molar-refractivity contribution in [2.24, 2.45) is 0 Å². The molecule has 4 rings (SSSR count). The third-order valence-corrected chi connectivity index (χ3v) is 5.58. The van der Waals surface area contributed by atoms with Crippen LogP contribution < -0.4 is 0 Å². The number of carbonyl (C=O) groups is 2. The normalized spacial score (nSPS) is 15.4. The fraction of sp³-hybridized carbons (Fsp3) is 0.214. The van der Waals surface area contributed by atoms with Gasteiger partial charge < -0.3 is 9.47 Å².